The van der Waals surface area contributed by atoms with Gasteiger partial charge in [0.05, 0.1) is 12.3 Å². The van der Waals surface area contributed by atoms with Crippen molar-refractivity contribution >= 4 is 33.2 Å². The van der Waals surface area contributed by atoms with Crippen molar-refractivity contribution in [2.75, 3.05) is 6.61 Å². The molecule has 21 heavy (non-hydrogen) atoms. The summed E-state index contributed by atoms with van der Waals surface area (Å²) in [6, 6.07) is 4.02. The fourth-order valence-corrected chi connectivity index (χ4v) is 3.81. The molecule has 0 unspecified atom stereocenters. The van der Waals surface area contributed by atoms with Gasteiger partial charge >= 0.3 is 0 Å². The Morgan fingerprint density at radius 3 is 3.05 bits per heavy atom. The first-order valence-corrected chi connectivity index (χ1v) is 8.42. The number of rotatable bonds is 4. The van der Waals surface area contributed by atoms with E-state index >= 15 is 0 Å². The van der Waals surface area contributed by atoms with Crippen molar-refractivity contribution < 1.29 is 9.53 Å². The van der Waals surface area contributed by atoms with E-state index < -0.39 is 0 Å². The van der Waals surface area contributed by atoms with E-state index in [-0.39, 0.29) is 11.7 Å². The highest BCUT2D eigenvalue weighted by Crippen LogP contribution is 2.34. The van der Waals surface area contributed by atoms with Crippen molar-refractivity contribution in [3.63, 3.8) is 0 Å². The Morgan fingerprint density at radius 2 is 2.29 bits per heavy atom. The molecule has 1 aliphatic heterocycles. The molecule has 3 rings (SSSR count). The maximum atomic E-state index is 12.6. The Labute approximate surface area is 135 Å². The average Bonchev–Trinajstić information content (AvgIpc) is 3.06. The molecule has 0 spiro atoms. The summed E-state index contributed by atoms with van der Waals surface area (Å²) in [5.41, 5.74) is 2.89. The number of carbonyl (C=O) groups is 1. The van der Waals surface area contributed by atoms with Gasteiger partial charge in [-0.1, -0.05) is 34.3 Å². The van der Waals surface area contributed by atoms with Crippen LogP contribution in [0.2, 0.25) is 0 Å². The molecule has 0 fully saturated rings. The fourth-order valence-electron chi connectivity index (χ4n) is 2.50. The summed E-state index contributed by atoms with van der Waals surface area (Å²) >= 11 is 4.68. The lowest BCUT2D eigenvalue weighted by atomic mass is 10.0. The smallest absolute Gasteiger partial charge is 0.180 e. The van der Waals surface area contributed by atoms with Crippen molar-refractivity contribution in [2.45, 2.75) is 32.6 Å². The molecule has 4 nitrogen and oxygen atoms in total. The van der Waals surface area contributed by atoms with E-state index in [1.54, 1.807) is 0 Å². The van der Waals surface area contributed by atoms with Crippen LogP contribution in [0.5, 0.6) is 5.75 Å². The fraction of sp³-hybridized carbons (Fsp3) is 0.400. The predicted octanol–water partition coefficient (Wildman–Crippen LogP) is 3.78. The number of aromatic nitrogens is 2. The normalized spacial score (nSPS) is 13.3. The van der Waals surface area contributed by atoms with Gasteiger partial charge in [-0.05, 0) is 35.1 Å². The molecule has 1 aliphatic rings. The van der Waals surface area contributed by atoms with Gasteiger partial charge in [-0.15, -0.1) is 5.10 Å². The van der Waals surface area contributed by atoms with E-state index in [1.165, 1.54) is 17.1 Å². The van der Waals surface area contributed by atoms with Gasteiger partial charge in [-0.3, -0.25) is 4.79 Å². The Bertz CT molecular complexity index is 697. The van der Waals surface area contributed by atoms with Gasteiger partial charge in [0.1, 0.15) is 10.6 Å². The minimum absolute atomic E-state index is 0.0597. The van der Waals surface area contributed by atoms with E-state index in [9.17, 15) is 4.79 Å². The molecule has 0 aliphatic carbocycles. The highest BCUT2D eigenvalue weighted by molar-refractivity contribution is 9.10. The number of hydrogen-bond donors (Lipinski definition) is 0. The van der Waals surface area contributed by atoms with Crippen molar-refractivity contribution in [3.05, 3.63) is 38.3 Å². The third-order valence-electron chi connectivity index (χ3n) is 3.49. The van der Waals surface area contributed by atoms with Crippen molar-refractivity contribution in [3.8, 4) is 5.75 Å². The van der Waals surface area contributed by atoms with Gasteiger partial charge in [-0.2, -0.15) is 0 Å². The number of benzene rings is 1. The molecule has 6 heteroatoms. The van der Waals surface area contributed by atoms with Crippen LogP contribution >= 0.6 is 27.5 Å². The molecule has 1 aromatic heterocycles. The zero-order valence-corrected chi connectivity index (χ0v) is 14.3. The lowest BCUT2D eigenvalue weighted by Crippen LogP contribution is -2.07. The third-order valence-corrected chi connectivity index (χ3v) is 4.73. The number of nitrogens with zero attached hydrogens (tertiary/aromatic N) is 2. The second kappa shape index (κ2) is 5.85. The number of Topliss-reactive ketones (excluding diaryl/α,β-unsaturated/α-hetero) is 1. The second-order valence-corrected chi connectivity index (χ2v) is 7.06. The largest absolute Gasteiger partial charge is 0.493 e. The quantitative estimate of drug-likeness (QED) is 0.772. The lowest BCUT2D eigenvalue weighted by molar-refractivity contribution is 0.0994. The number of ether oxygens (including phenoxy) is 1. The number of hydrogen-bond acceptors (Lipinski definition) is 5. The lowest BCUT2D eigenvalue weighted by Gasteiger charge is -2.09. The molecule has 2 aromatic rings. The average molecular weight is 367 g/mol. The van der Waals surface area contributed by atoms with Gasteiger partial charge in [0.2, 0.25) is 0 Å². The van der Waals surface area contributed by atoms with E-state index in [0.29, 0.717) is 17.9 Å². The van der Waals surface area contributed by atoms with E-state index in [1.807, 2.05) is 19.9 Å². The van der Waals surface area contributed by atoms with Crippen LogP contribution in [-0.4, -0.2) is 22.0 Å². The Morgan fingerprint density at radius 1 is 1.48 bits per heavy atom. The van der Waals surface area contributed by atoms with Crippen LogP contribution in [0.3, 0.4) is 0 Å². The number of ketones is 1. The molecule has 0 amide bonds. The van der Waals surface area contributed by atoms with Crippen LogP contribution in [0.25, 0.3) is 0 Å². The summed E-state index contributed by atoms with van der Waals surface area (Å²) in [5, 5.41) is 4.08. The maximum absolute atomic E-state index is 12.6. The summed E-state index contributed by atoms with van der Waals surface area (Å²) in [4.78, 5) is 13.2. The molecule has 0 saturated carbocycles. The minimum atomic E-state index is 0.0597. The van der Waals surface area contributed by atoms with Crippen molar-refractivity contribution in [1.29, 1.82) is 0 Å². The summed E-state index contributed by atoms with van der Waals surface area (Å²) in [6.07, 6.45) is 1.22. The molecule has 2 heterocycles. The minimum Gasteiger partial charge on any atom is -0.493 e. The Kier molecular flexibility index (Phi) is 4.08. The van der Waals surface area contributed by atoms with Gasteiger partial charge < -0.3 is 4.74 Å². The van der Waals surface area contributed by atoms with Gasteiger partial charge in [-0.25, -0.2) is 0 Å². The van der Waals surface area contributed by atoms with Crippen molar-refractivity contribution in [2.24, 2.45) is 0 Å². The molecule has 0 bridgehead atoms. The van der Waals surface area contributed by atoms with Gasteiger partial charge in [0.25, 0.3) is 0 Å². The first-order chi connectivity index (χ1) is 10.1. The highest BCUT2D eigenvalue weighted by Gasteiger charge is 2.23. The molecule has 0 radical (unpaired) electrons. The van der Waals surface area contributed by atoms with Crippen molar-refractivity contribution in [1.82, 2.24) is 9.59 Å². The number of fused-ring (bicyclic) bond motifs is 1. The van der Waals surface area contributed by atoms with Crippen LogP contribution in [-0.2, 0) is 12.8 Å². The van der Waals surface area contributed by atoms with E-state index in [4.69, 9.17) is 4.74 Å². The number of halogens is 1. The van der Waals surface area contributed by atoms with Gasteiger partial charge in [0.15, 0.2) is 5.78 Å². The van der Waals surface area contributed by atoms with Gasteiger partial charge in [0, 0.05) is 22.9 Å². The van der Waals surface area contributed by atoms with Crippen LogP contribution in [0.1, 0.15) is 46.3 Å². The molecule has 0 atom stereocenters. The van der Waals surface area contributed by atoms with E-state index in [0.717, 1.165) is 27.9 Å². The Balaban J connectivity index is 1.90. The number of carbonyl (C=O) groups excluding carboxylic acids is 1. The zero-order chi connectivity index (χ0) is 15.0. The topological polar surface area (TPSA) is 52.1 Å². The SMILES string of the molecule is CC(C)c1nnsc1C(=O)Cc1cc(Br)cc2c1OCC2. The highest BCUT2D eigenvalue weighted by atomic mass is 79.9. The molecular weight excluding hydrogens is 352 g/mol. The second-order valence-electron chi connectivity index (χ2n) is 5.39. The molecular formula is C15H15BrN2O2S. The van der Waals surface area contributed by atoms with E-state index in [2.05, 4.69) is 31.6 Å². The summed E-state index contributed by atoms with van der Waals surface area (Å²) in [6.45, 7) is 4.73. The molecule has 0 N–H and O–H groups in total. The molecule has 0 saturated heterocycles. The third kappa shape index (κ3) is 2.87. The van der Waals surface area contributed by atoms with Crippen LogP contribution in [0.15, 0.2) is 16.6 Å². The monoisotopic (exact) mass is 366 g/mol. The molecule has 1 aromatic carbocycles. The van der Waals surface area contributed by atoms with Crippen LogP contribution in [0, 0.1) is 0 Å². The first-order valence-electron chi connectivity index (χ1n) is 6.85. The Hall–Kier alpha value is -1.27. The standard InChI is InChI=1S/C15H15BrN2O2S/c1-8(2)13-15(21-18-17-13)12(19)7-10-6-11(16)5-9-3-4-20-14(9)10/h5-6,8H,3-4,7H2,1-2H3. The van der Waals surface area contributed by atoms with Crippen LogP contribution in [0.4, 0.5) is 0 Å². The van der Waals surface area contributed by atoms with Crippen LogP contribution < -0.4 is 4.74 Å². The summed E-state index contributed by atoms with van der Waals surface area (Å²) < 4.78 is 10.6. The predicted molar refractivity (Wildman–Crippen MR) is 85.4 cm³/mol. The first kappa shape index (κ1) is 14.7. The molecule has 110 valence electrons. The maximum Gasteiger partial charge on any atom is 0.180 e. The zero-order valence-electron chi connectivity index (χ0n) is 11.9. The summed E-state index contributed by atoms with van der Waals surface area (Å²) in [7, 11) is 0. The summed E-state index contributed by atoms with van der Waals surface area (Å²) in [5.74, 6) is 1.13.